The van der Waals surface area contributed by atoms with Crippen LogP contribution in [0.5, 0.6) is 0 Å². The van der Waals surface area contributed by atoms with Crippen LogP contribution < -0.4 is 5.32 Å². The number of rotatable bonds is 4. The van der Waals surface area contributed by atoms with Gasteiger partial charge in [0, 0.05) is 6.54 Å². The minimum Gasteiger partial charge on any atom is -0.377 e. The fraction of sp³-hybridized carbons (Fsp3) is 0.273. The van der Waals surface area contributed by atoms with Gasteiger partial charge in [-0.25, -0.2) is 14.2 Å². The molecule has 1 fully saturated rings. The van der Waals surface area contributed by atoms with E-state index >= 15 is 0 Å². The van der Waals surface area contributed by atoms with E-state index in [9.17, 15) is 9.18 Å². The van der Waals surface area contributed by atoms with Gasteiger partial charge in [-0.05, 0) is 42.3 Å². The largest absolute Gasteiger partial charge is 0.377 e. The lowest BCUT2D eigenvalue weighted by molar-refractivity contribution is 0.00840. The highest BCUT2D eigenvalue weighted by Crippen LogP contribution is 2.26. The molecule has 7 heteroatoms. The zero-order valence-corrected chi connectivity index (χ0v) is 16.1. The van der Waals surface area contributed by atoms with Gasteiger partial charge in [0.25, 0.3) is 0 Å². The maximum atomic E-state index is 13.2. The number of urea groups is 1. The van der Waals surface area contributed by atoms with Crippen molar-refractivity contribution >= 4 is 6.03 Å². The van der Waals surface area contributed by atoms with Crippen LogP contribution in [0.3, 0.4) is 0 Å². The van der Waals surface area contributed by atoms with E-state index in [1.807, 2.05) is 37.3 Å². The van der Waals surface area contributed by atoms with Crippen LogP contribution in [-0.2, 0) is 4.74 Å². The lowest BCUT2D eigenvalue weighted by Gasteiger charge is -2.35. The highest BCUT2D eigenvalue weighted by molar-refractivity contribution is 5.75. The van der Waals surface area contributed by atoms with Crippen molar-refractivity contribution in [3.63, 3.8) is 0 Å². The first-order chi connectivity index (χ1) is 14.1. The highest BCUT2D eigenvalue weighted by atomic mass is 19.1. The lowest BCUT2D eigenvalue weighted by atomic mass is 10.1. The summed E-state index contributed by atoms with van der Waals surface area (Å²) < 4.78 is 18.8. The Morgan fingerprint density at radius 3 is 2.76 bits per heavy atom. The number of benzene rings is 2. The molecule has 0 unspecified atom stereocenters. The first-order valence-corrected chi connectivity index (χ1v) is 9.62. The first-order valence-electron chi connectivity index (χ1n) is 9.62. The van der Waals surface area contributed by atoms with Gasteiger partial charge >= 0.3 is 6.03 Å². The molecule has 0 saturated carbocycles. The number of hydrogen-bond acceptors (Lipinski definition) is 3. The smallest absolute Gasteiger partial charge is 0.318 e. The Labute approximate surface area is 168 Å². The fourth-order valence-electron chi connectivity index (χ4n) is 3.45. The number of morpholine rings is 1. The van der Waals surface area contributed by atoms with Crippen LogP contribution in [0.4, 0.5) is 9.18 Å². The SMILES string of the molecule is C[C@@H](NC(=O)N1CCOC[C@H]1c1ncc(-c2ccc(F)cc2)[nH]1)c1ccccc1. The molecule has 2 heterocycles. The molecule has 150 valence electrons. The molecule has 6 nitrogen and oxygen atoms in total. The number of nitrogens with zero attached hydrogens (tertiary/aromatic N) is 2. The Balaban J connectivity index is 1.50. The minimum absolute atomic E-state index is 0.112. The monoisotopic (exact) mass is 394 g/mol. The fourth-order valence-corrected chi connectivity index (χ4v) is 3.45. The molecule has 0 radical (unpaired) electrons. The van der Waals surface area contributed by atoms with Crippen LogP contribution in [0.25, 0.3) is 11.3 Å². The van der Waals surface area contributed by atoms with Gasteiger partial charge in [0.1, 0.15) is 17.7 Å². The second kappa shape index (κ2) is 8.45. The molecule has 1 aliphatic heterocycles. The predicted molar refractivity (Wildman–Crippen MR) is 108 cm³/mol. The van der Waals surface area contributed by atoms with Crippen LogP contribution in [0.2, 0.25) is 0 Å². The molecule has 0 spiro atoms. The van der Waals surface area contributed by atoms with E-state index in [0.29, 0.717) is 25.6 Å². The molecule has 1 aromatic heterocycles. The summed E-state index contributed by atoms with van der Waals surface area (Å²) in [5, 5.41) is 3.06. The van der Waals surface area contributed by atoms with Crippen LogP contribution >= 0.6 is 0 Å². The number of aromatic nitrogens is 2. The summed E-state index contributed by atoms with van der Waals surface area (Å²) in [4.78, 5) is 22.4. The summed E-state index contributed by atoms with van der Waals surface area (Å²) >= 11 is 0. The van der Waals surface area contributed by atoms with Crippen molar-refractivity contribution in [1.29, 1.82) is 0 Å². The molecule has 2 atom stereocenters. The molecule has 4 rings (SSSR count). The number of imidazole rings is 1. The molecule has 2 aromatic carbocycles. The van der Waals surface area contributed by atoms with Gasteiger partial charge in [-0.1, -0.05) is 30.3 Å². The van der Waals surface area contributed by atoms with Crippen molar-refractivity contribution in [2.45, 2.75) is 19.0 Å². The number of H-pyrrole nitrogens is 1. The maximum absolute atomic E-state index is 13.2. The van der Waals surface area contributed by atoms with Crippen molar-refractivity contribution in [2.75, 3.05) is 19.8 Å². The van der Waals surface area contributed by atoms with Crippen molar-refractivity contribution in [1.82, 2.24) is 20.2 Å². The standard InChI is InChI=1S/C22H23FN4O2/c1-15(16-5-3-2-4-6-16)25-22(28)27-11-12-29-14-20(27)21-24-13-19(26-21)17-7-9-18(23)10-8-17/h2-10,13,15,20H,11-12,14H2,1H3,(H,24,26)(H,25,28)/t15-,20+/m1/s1. The van der Waals surface area contributed by atoms with Gasteiger partial charge in [0.15, 0.2) is 0 Å². The summed E-state index contributed by atoms with van der Waals surface area (Å²) in [6.07, 6.45) is 1.69. The Bertz CT molecular complexity index is 958. The number of amides is 2. The van der Waals surface area contributed by atoms with E-state index < -0.39 is 0 Å². The number of carbonyl (C=O) groups excluding carboxylic acids is 1. The topological polar surface area (TPSA) is 70.2 Å². The van der Waals surface area contributed by atoms with Crippen LogP contribution in [0.15, 0.2) is 60.8 Å². The highest BCUT2D eigenvalue weighted by Gasteiger charge is 2.31. The Morgan fingerprint density at radius 2 is 2.00 bits per heavy atom. The third-order valence-corrected chi connectivity index (χ3v) is 5.10. The maximum Gasteiger partial charge on any atom is 0.318 e. The molecule has 2 N–H and O–H groups in total. The van der Waals surface area contributed by atoms with E-state index in [0.717, 1.165) is 16.8 Å². The number of nitrogens with one attached hydrogen (secondary N) is 2. The number of aromatic amines is 1. The summed E-state index contributed by atoms with van der Waals surface area (Å²) in [7, 11) is 0. The van der Waals surface area contributed by atoms with Crippen LogP contribution in [-0.4, -0.2) is 40.7 Å². The third-order valence-electron chi connectivity index (χ3n) is 5.10. The van der Waals surface area contributed by atoms with Crippen molar-refractivity contribution < 1.29 is 13.9 Å². The summed E-state index contributed by atoms with van der Waals surface area (Å²) in [6, 6.07) is 15.4. The molecular weight excluding hydrogens is 371 g/mol. The first kappa shape index (κ1) is 19.1. The van der Waals surface area contributed by atoms with Crippen LogP contribution in [0.1, 0.15) is 30.4 Å². The number of hydrogen-bond donors (Lipinski definition) is 2. The van der Waals surface area contributed by atoms with Gasteiger partial charge in [0.2, 0.25) is 0 Å². The average Bonchev–Trinajstić information content (AvgIpc) is 3.25. The zero-order chi connectivity index (χ0) is 20.2. The normalized spacial score (nSPS) is 17.7. The molecule has 1 saturated heterocycles. The molecule has 0 aliphatic carbocycles. The molecule has 0 bridgehead atoms. The van der Waals surface area contributed by atoms with Crippen molar-refractivity contribution in [3.8, 4) is 11.3 Å². The van der Waals surface area contributed by atoms with E-state index in [-0.39, 0.29) is 23.9 Å². The number of halogens is 1. The lowest BCUT2D eigenvalue weighted by Crippen LogP contribution is -2.48. The van der Waals surface area contributed by atoms with Gasteiger partial charge in [-0.2, -0.15) is 0 Å². The van der Waals surface area contributed by atoms with E-state index in [2.05, 4.69) is 15.3 Å². The minimum atomic E-state index is -0.319. The Kier molecular flexibility index (Phi) is 5.57. The van der Waals surface area contributed by atoms with E-state index in [4.69, 9.17) is 4.74 Å². The Morgan fingerprint density at radius 1 is 1.24 bits per heavy atom. The van der Waals surface area contributed by atoms with E-state index in [1.165, 1.54) is 12.1 Å². The summed E-state index contributed by atoms with van der Waals surface area (Å²) in [5.41, 5.74) is 2.64. The van der Waals surface area contributed by atoms with Gasteiger partial charge < -0.3 is 19.9 Å². The van der Waals surface area contributed by atoms with Gasteiger partial charge in [0.05, 0.1) is 31.1 Å². The number of ether oxygens (including phenoxy) is 1. The summed E-state index contributed by atoms with van der Waals surface area (Å²) in [5.74, 6) is 0.357. The number of carbonyl (C=O) groups is 1. The quantitative estimate of drug-likeness (QED) is 0.701. The summed E-state index contributed by atoms with van der Waals surface area (Å²) in [6.45, 7) is 3.28. The molecule has 3 aromatic rings. The molecular formula is C22H23FN4O2. The van der Waals surface area contributed by atoms with E-state index in [1.54, 1.807) is 23.2 Å². The van der Waals surface area contributed by atoms with Gasteiger partial charge in [-0.15, -0.1) is 0 Å². The van der Waals surface area contributed by atoms with Crippen molar-refractivity contribution in [3.05, 3.63) is 78.0 Å². The second-order valence-corrected chi connectivity index (χ2v) is 7.05. The van der Waals surface area contributed by atoms with Crippen molar-refractivity contribution in [2.24, 2.45) is 0 Å². The molecule has 29 heavy (non-hydrogen) atoms. The average molecular weight is 394 g/mol. The molecule has 2 amide bonds. The van der Waals surface area contributed by atoms with Crippen LogP contribution in [0, 0.1) is 5.82 Å². The van der Waals surface area contributed by atoms with Gasteiger partial charge in [-0.3, -0.25) is 0 Å². The Hall–Kier alpha value is -3.19. The predicted octanol–water partition coefficient (Wildman–Crippen LogP) is 4.06. The third kappa shape index (κ3) is 4.30. The zero-order valence-electron chi connectivity index (χ0n) is 16.1. The molecule has 1 aliphatic rings. The second-order valence-electron chi connectivity index (χ2n) is 7.05.